The van der Waals surface area contributed by atoms with Gasteiger partial charge in [-0.25, -0.2) is 18.2 Å². The molecule has 0 saturated heterocycles. The number of carbonyl (C=O) groups excluding carboxylic acids is 2. The van der Waals surface area contributed by atoms with E-state index < -0.39 is 15.8 Å². The van der Waals surface area contributed by atoms with Gasteiger partial charge in [0.25, 0.3) is 0 Å². The van der Waals surface area contributed by atoms with Crippen LogP contribution in [0.15, 0.2) is 47.5 Å². The van der Waals surface area contributed by atoms with E-state index in [-0.39, 0.29) is 41.5 Å². The minimum Gasteiger partial charge on any atom is -0.461 e. The second kappa shape index (κ2) is 8.16. The summed E-state index contributed by atoms with van der Waals surface area (Å²) in [7, 11) is -3.66. The topological polar surface area (TPSA) is 94.8 Å². The number of aryl methyl sites for hydroxylation is 2. The Balaban J connectivity index is 2.04. The Bertz CT molecular complexity index is 1180. The third-order valence-corrected chi connectivity index (χ3v) is 5.75. The van der Waals surface area contributed by atoms with E-state index in [2.05, 4.69) is 4.98 Å². The summed E-state index contributed by atoms with van der Waals surface area (Å²) in [5.41, 5.74) is 1.81. The molecule has 0 spiro atoms. The molecule has 0 radical (unpaired) electrons. The highest BCUT2D eigenvalue weighted by Gasteiger charge is 2.25. The predicted octanol–water partition coefficient (Wildman–Crippen LogP) is 3.04. The van der Waals surface area contributed by atoms with E-state index in [1.54, 1.807) is 50.4 Å². The third-order valence-electron chi connectivity index (χ3n) is 4.56. The summed E-state index contributed by atoms with van der Waals surface area (Å²) < 4.78 is 31.6. The highest BCUT2D eigenvalue weighted by molar-refractivity contribution is 7.91. The molecule has 7 nitrogen and oxygen atoms in total. The molecule has 29 heavy (non-hydrogen) atoms. The molecule has 1 aromatic carbocycles. The largest absolute Gasteiger partial charge is 0.461 e. The standard InChI is InChI=1S/C21H22N2O5S/c1-4-28-21(25)18-14(2)22-20-19(29(3,26)27)16(12-13-23(18)20)10-11-17(24)15-8-6-5-7-9-15/h5-9,12-13H,4,10-11H2,1-3H3. The molecule has 0 aliphatic carbocycles. The molecule has 0 amide bonds. The van der Waals surface area contributed by atoms with Gasteiger partial charge >= 0.3 is 5.97 Å². The van der Waals surface area contributed by atoms with Gasteiger partial charge in [-0.15, -0.1) is 0 Å². The maximum atomic E-state index is 12.5. The zero-order valence-electron chi connectivity index (χ0n) is 16.5. The van der Waals surface area contributed by atoms with Crippen molar-refractivity contribution in [2.75, 3.05) is 12.9 Å². The first-order chi connectivity index (χ1) is 13.7. The normalized spacial score (nSPS) is 11.6. The van der Waals surface area contributed by atoms with Gasteiger partial charge in [-0.2, -0.15) is 0 Å². The van der Waals surface area contributed by atoms with Gasteiger partial charge in [0.05, 0.1) is 12.3 Å². The SMILES string of the molecule is CCOC(=O)c1c(C)nc2c(S(C)(=O)=O)c(CCC(=O)c3ccccc3)ccn12. The molecule has 0 aliphatic rings. The minimum atomic E-state index is -3.66. The molecule has 0 saturated carbocycles. The van der Waals surface area contributed by atoms with Crippen molar-refractivity contribution in [3.63, 3.8) is 0 Å². The van der Waals surface area contributed by atoms with Crippen LogP contribution in [0.2, 0.25) is 0 Å². The van der Waals surface area contributed by atoms with Crippen LogP contribution in [0.4, 0.5) is 0 Å². The first-order valence-electron chi connectivity index (χ1n) is 9.20. The van der Waals surface area contributed by atoms with E-state index in [1.807, 2.05) is 6.07 Å². The maximum absolute atomic E-state index is 12.5. The summed E-state index contributed by atoms with van der Waals surface area (Å²) in [6.45, 7) is 3.52. The predicted molar refractivity (Wildman–Crippen MR) is 108 cm³/mol. The van der Waals surface area contributed by atoms with Gasteiger partial charge in [-0.05, 0) is 31.9 Å². The van der Waals surface area contributed by atoms with Gasteiger partial charge < -0.3 is 4.74 Å². The van der Waals surface area contributed by atoms with E-state index in [0.29, 0.717) is 16.8 Å². The van der Waals surface area contributed by atoms with E-state index in [0.717, 1.165) is 6.26 Å². The number of ketones is 1. The molecule has 2 aromatic heterocycles. The van der Waals surface area contributed by atoms with Gasteiger partial charge in [0.2, 0.25) is 0 Å². The quantitative estimate of drug-likeness (QED) is 0.436. The number of hydrogen-bond donors (Lipinski definition) is 0. The fourth-order valence-corrected chi connectivity index (χ4v) is 4.42. The number of rotatable bonds is 7. The van der Waals surface area contributed by atoms with Gasteiger partial charge in [0.1, 0.15) is 4.90 Å². The van der Waals surface area contributed by atoms with Crippen molar-refractivity contribution in [1.82, 2.24) is 9.38 Å². The number of sulfone groups is 1. The van der Waals surface area contributed by atoms with E-state index in [9.17, 15) is 18.0 Å². The van der Waals surface area contributed by atoms with Crippen molar-refractivity contribution in [2.24, 2.45) is 0 Å². The number of pyridine rings is 1. The average molecular weight is 414 g/mol. The number of fused-ring (bicyclic) bond motifs is 1. The van der Waals surface area contributed by atoms with Crippen LogP contribution >= 0.6 is 0 Å². The van der Waals surface area contributed by atoms with Crippen molar-refractivity contribution >= 4 is 27.2 Å². The number of nitrogens with zero attached hydrogens (tertiary/aromatic N) is 2. The molecule has 0 N–H and O–H groups in total. The zero-order valence-corrected chi connectivity index (χ0v) is 17.3. The highest BCUT2D eigenvalue weighted by Crippen LogP contribution is 2.26. The molecule has 0 unspecified atom stereocenters. The van der Waals surface area contributed by atoms with Crippen LogP contribution in [-0.2, 0) is 21.0 Å². The molecular formula is C21H22N2O5S. The van der Waals surface area contributed by atoms with E-state index >= 15 is 0 Å². The number of Topliss-reactive ketones (excluding diaryl/α,β-unsaturated/α-hetero) is 1. The molecule has 2 heterocycles. The Kier molecular flexibility index (Phi) is 5.83. The summed E-state index contributed by atoms with van der Waals surface area (Å²) >= 11 is 0. The number of imidazole rings is 1. The fourth-order valence-electron chi connectivity index (χ4n) is 3.30. The van der Waals surface area contributed by atoms with Gasteiger partial charge in [-0.1, -0.05) is 30.3 Å². The van der Waals surface area contributed by atoms with Crippen molar-refractivity contribution in [1.29, 1.82) is 0 Å². The second-order valence-electron chi connectivity index (χ2n) is 6.69. The maximum Gasteiger partial charge on any atom is 0.357 e. The second-order valence-corrected chi connectivity index (χ2v) is 8.64. The summed E-state index contributed by atoms with van der Waals surface area (Å²) in [4.78, 5) is 29.1. The number of carbonyl (C=O) groups is 2. The lowest BCUT2D eigenvalue weighted by Crippen LogP contribution is -2.12. The van der Waals surface area contributed by atoms with Crippen LogP contribution in [0.25, 0.3) is 5.65 Å². The van der Waals surface area contributed by atoms with Crippen LogP contribution < -0.4 is 0 Å². The number of hydrogen-bond acceptors (Lipinski definition) is 6. The molecule has 0 bridgehead atoms. The summed E-state index contributed by atoms with van der Waals surface area (Å²) in [6, 6.07) is 10.5. The number of esters is 1. The zero-order chi connectivity index (χ0) is 21.2. The average Bonchev–Trinajstić information content (AvgIpc) is 3.01. The number of benzene rings is 1. The molecular weight excluding hydrogens is 392 g/mol. The van der Waals surface area contributed by atoms with Crippen LogP contribution in [0, 0.1) is 6.92 Å². The lowest BCUT2D eigenvalue weighted by Gasteiger charge is -2.10. The Morgan fingerprint density at radius 1 is 1.14 bits per heavy atom. The molecule has 152 valence electrons. The first-order valence-corrected chi connectivity index (χ1v) is 11.1. The van der Waals surface area contributed by atoms with E-state index in [4.69, 9.17) is 4.74 Å². The minimum absolute atomic E-state index is 0.0273. The number of ether oxygens (including phenoxy) is 1. The first kappa shape index (κ1) is 20.7. The van der Waals surface area contributed by atoms with Crippen molar-refractivity contribution in [3.8, 4) is 0 Å². The van der Waals surface area contributed by atoms with E-state index in [1.165, 1.54) is 4.40 Å². The summed E-state index contributed by atoms with van der Waals surface area (Å²) in [5, 5.41) is 0. The molecule has 8 heteroatoms. The Hall–Kier alpha value is -3.00. The molecule has 3 rings (SSSR count). The van der Waals surface area contributed by atoms with Gasteiger partial charge in [0.15, 0.2) is 27.0 Å². The molecule has 0 fully saturated rings. The summed E-state index contributed by atoms with van der Waals surface area (Å²) in [5.74, 6) is -0.638. The summed E-state index contributed by atoms with van der Waals surface area (Å²) in [6.07, 6.45) is 3.10. The van der Waals surface area contributed by atoms with Crippen LogP contribution in [0.1, 0.15) is 45.4 Å². The molecule has 0 atom stereocenters. The lowest BCUT2D eigenvalue weighted by atomic mass is 10.0. The highest BCUT2D eigenvalue weighted by atomic mass is 32.2. The van der Waals surface area contributed by atoms with Crippen molar-refractivity contribution in [3.05, 3.63) is 65.1 Å². The lowest BCUT2D eigenvalue weighted by molar-refractivity contribution is 0.0517. The van der Waals surface area contributed by atoms with Crippen LogP contribution in [0.5, 0.6) is 0 Å². The fraction of sp³-hybridized carbons (Fsp3) is 0.286. The van der Waals surface area contributed by atoms with Gasteiger partial charge in [-0.3, -0.25) is 9.20 Å². The van der Waals surface area contributed by atoms with Gasteiger partial charge in [0, 0.05) is 24.4 Å². The van der Waals surface area contributed by atoms with Crippen LogP contribution in [-0.4, -0.2) is 42.4 Å². The monoisotopic (exact) mass is 414 g/mol. The smallest absolute Gasteiger partial charge is 0.357 e. The van der Waals surface area contributed by atoms with Crippen molar-refractivity contribution in [2.45, 2.75) is 31.6 Å². The molecule has 3 aromatic rings. The third kappa shape index (κ3) is 4.22. The molecule has 0 aliphatic heterocycles. The van der Waals surface area contributed by atoms with Crippen molar-refractivity contribution < 1.29 is 22.7 Å². The Labute approximate surface area is 169 Å². The van der Waals surface area contributed by atoms with Crippen LogP contribution in [0.3, 0.4) is 0 Å². The number of aromatic nitrogens is 2. The Morgan fingerprint density at radius 3 is 2.45 bits per heavy atom. The Morgan fingerprint density at radius 2 is 1.83 bits per heavy atom.